The van der Waals surface area contributed by atoms with E-state index < -0.39 is 0 Å². The zero-order chi connectivity index (χ0) is 13.0. The summed E-state index contributed by atoms with van der Waals surface area (Å²) >= 11 is 3.25. The minimum Gasteiger partial charge on any atom is -0.507 e. The summed E-state index contributed by atoms with van der Waals surface area (Å²) in [5.41, 5.74) is 0.338. The van der Waals surface area contributed by atoms with E-state index in [2.05, 4.69) is 21.2 Å². The van der Waals surface area contributed by atoms with Crippen LogP contribution in [0.15, 0.2) is 22.7 Å². The number of carbonyl (C=O) groups is 1. The smallest absolute Gasteiger partial charge is 0.255 e. The molecule has 2 N–H and O–H groups in total. The van der Waals surface area contributed by atoms with Crippen molar-refractivity contribution in [1.29, 1.82) is 0 Å². The Hall–Kier alpha value is -1.03. The number of rotatable bonds is 4. The van der Waals surface area contributed by atoms with Gasteiger partial charge in [0.05, 0.1) is 5.56 Å². The van der Waals surface area contributed by atoms with Gasteiger partial charge in [-0.2, -0.15) is 0 Å². The first-order chi connectivity index (χ1) is 8.66. The van der Waals surface area contributed by atoms with E-state index in [0.717, 1.165) is 16.8 Å². The minimum atomic E-state index is -0.196. The highest BCUT2D eigenvalue weighted by molar-refractivity contribution is 9.10. The van der Waals surface area contributed by atoms with Crippen LogP contribution in [0.2, 0.25) is 0 Å². The van der Waals surface area contributed by atoms with Crippen LogP contribution in [0.5, 0.6) is 5.75 Å². The summed E-state index contributed by atoms with van der Waals surface area (Å²) < 4.78 is 0.766. The third-order valence-electron chi connectivity index (χ3n) is 3.52. The minimum absolute atomic E-state index is 0.0164. The fourth-order valence-electron chi connectivity index (χ4n) is 2.48. The highest BCUT2D eigenvalue weighted by Gasteiger charge is 2.16. The SMILES string of the molecule is O=C(NCCC1CCCC1)c1ccc(Br)cc1O. The molecule has 0 atom stereocenters. The zero-order valence-corrected chi connectivity index (χ0v) is 11.9. The number of hydrogen-bond donors (Lipinski definition) is 2. The largest absolute Gasteiger partial charge is 0.507 e. The Bertz CT molecular complexity index is 428. The third kappa shape index (κ3) is 3.48. The van der Waals surface area contributed by atoms with Gasteiger partial charge in [0.1, 0.15) is 5.75 Å². The van der Waals surface area contributed by atoms with Gasteiger partial charge in [-0.25, -0.2) is 0 Å². The van der Waals surface area contributed by atoms with E-state index in [1.807, 2.05) is 0 Å². The molecular formula is C14H18BrNO2. The van der Waals surface area contributed by atoms with Gasteiger partial charge in [-0.3, -0.25) is 4.79 Å². The quantitative estimate of drug-likeness (QED) is 0.894. The number of phenols is 1. The van der Waals surface area contributed by atoms with Crippen LogP contribution in [-0.2, 0) is 0 Å². The highest BCUT2D eigenvalue weighted by atomic mass is 79.9. The van der Waals surface area contributed by atoms with E-state index in [1.54, 1.807) is 12.1 Å². The summed E-state index contributed by atoms with van der Waals surface area (Å²) in [6, 6.07) is 4.92. The van der Waals surface area contributed by atoms with Crippen LogP contribution in [0.3, 0.4) is 0 Å². The molecule has 0 saturated heterocycles. The normalized spacial score (nSPS) is 15.8. The lowest BCUT2D eigenvalue weighted by atomic mass is 10.0. The van der Waals surface area contributed by atoms with Crippen molar-refractivity contribution in [2.45, 2.75) is 32.1 Å². The number of phenolic OH excluding ortho intramolecular Hbond substituents is 1. The number of carbonyl (C=O) groups excluding carboxylic acids is 1. The molecule has 98 valence electrons. The number of nitrogens with one attached hydrogen (secondary N) is 1. The average Bonchev–Trinajstić information content (AvgIpc) is 2.81. The second-order valence-corrected chi connectivity index (χ2v) is 5.77. The molecule has 0 heterocycles. The van der Waals surface area contributed by atoms with Crippen LogP contribution < -0.4 is 5.32 Å². The van der Waals surface area contributed by atoms with E-state index in [9.17, 15) is 9.90 Å². The van der Waals surface area contributed by atoms with Crippen LogP contribution >= 0.6 is 15.9 Å². The summed E-state index contributed by atoms with van der Waals surface area (Å²) in [4.78, 5) is 11.9. The van der Waals surface area contributed by atoms with Crippen LogP contribution in [0.1, 0.15) is 42.5 Å². The first kappa shape index (κ1) is 13.4. The first-order valence-electron chi connectivity index (χ1n) is 6.43. The van der Waals surface area contributed by atoms with E-state index in [1.165, 1.54) is 31.7 Å². The maximum absolute atomic E-state index is 11.9. The monoisotopic (exact) mass is 311 g/mol. The van der Waals surface area contributed by atoms with Crippen molar-refractivity contribution in [3.63, 3.8) is 0 Å². The molecule has 1 amide bonds. The van der Waals surface area contributed by atoms with Gasteiger partial charge in [0, 0.05) is 11.0 Å². The molecular weight excluding hydrogens is 294 g/mol. The van der Waals surface area contributed by atoms with Gasteiger partial charge in [0.2, 0.25) is 0 Å². The Labute approximate surface area is 116 Å². The van der Waals surface area contributed by atoms with Gasteiger partial charge in [-0.05, 0) is 30.5 Å². The molecule has 0 aromatic heterocycles. The Morgan fingerprint density at radius 1 is 1.39 bits per heavy atom. The molecule has 1 aliphatic rings. The molecule has 3 nitrogen and oxygen atoms in total. The van der Waals surface area contributed by atoms with Crippen LogP contribution in [-0.4, -0.2) is 17.6 Å². The fourth-order valence-corrected chi connectivity index (χ4v) is 2.83. The van der Waals surface area contributed by atoms with Crippen molar-refractivity contribution >= 4 is 21.8 Å². The summed E-state index contributed by atoms with van der Waals surface area (Å²) in [5.74, 6) is 0.588. The Morgan fingerprint density at radius 2 is 2.11 bits per heavy atom. The standard InChI is InChI=1S/C14H18BrNO2/c15-11-5-6-12(13(17)9-11)14(18)16-8-7-10-3-1-2-4-10/h5-6,9-10,17H,1-4,7-8H2,(H,16,18). The number of benzene rings is 1. The fraction of sp³-hybridized carbons (Fsp3) is 0.500. The van der Waals surface area contributed by atoms with E-state index in [0.29, 0.717) is 12.1 Å². The number of aromatic hydroxyl groups is 1. The summed E-state index contributed by atoms with van der Waals surface area (Å²) in [7, 11) is 0. The molecule has 0 radical (unpaired) electrons. The van der Waals surface area contributed by atoms with Gasteiger partial charge in [-0.1, -0.05) is 41.6 Å². The number of halogens is 1. The van der Waals surface area contributed by atoms with Crippen molar-refractivity contribution in [1.82, 2.24) is 5.32 Å². The van der Waals surface area contributed by atoms with Crippen molar-refractivity contribution in [3.05, 3.63) is 28.2 Å². The van der Waals surface area contributed by atoms with Gasteiger partial charge < -0.3 is 10.4 Å². The predicted octanol–water partition coefficient (Wildman–Crippen LogP) is 3.46. The van der Waals surface area contributed by atoms with Gasteiger partial charge in [-0.15, -0.1) is 0 Å². The second-order valence-electron chi connectivity index (χ2n) is 4.86. The molecule has 4 heteroatoms. The van der Waals surface area contributed by atoms with Crippen molar-refractivity contribution in [2.24, 2.45) is 5.92 Å². The molecule has 1 aliphatic carbocycles. The summed E-state index contributed by atoms with van der Waals surface area (Å²) in [6.07, 6.45) is 6.28. The lowest BCUT2D eigenvalue weighted by Gasteiger charge is -2.10. The Morgan fingerprint density at radius 3 is 2.78 bits per heavy atom. The maximum Gasteiger partial charge on any atom is 0.255 e. The maximum atomic E-state index is 11.9. The number of amides is 1. The molecule has 0 aliphatic heterocycles. The molecule has 2 rings (SSSR count). The highest BCUT2D eigenvalue weighted by Crippen LogP contribution is 2.27. The second kappa shape index (κ2) is 6.23. The molecule has 18 heavy (non-hydrogen) atoms. The molecule has 1 aromatic rings. The Balaban J connectivity index is 1.83. The van der Waals surface area contributed by atoms with E-state index in [4.69, 9.17) is 0 Å². The van der Waals surface area contributed by atoms with Gasteiger partial charge in [0.15, 0.2) is 0 Å². The Kier molecular flexibility index (Phi) is 4.64. The molecule has 0 unspecified atom stereocenters. The number of hydrogen-bond acceptors (Lipinski definition) is 2. The molecule has 0 spiro atoms. The van der Waals surface area contributed by atoms with Crippen molar-refractivity contribution < 1.29 is 9.90 Å². The van der Waals surface area contributed by atoms with E-state index in [-0.39, 0.29) is 11.7 Å². The predicted molar refractivity (Wildman–Crippen MR) is 74.7 cm³/mol. The van der Waals surface area contributed by atoms with Gasteiger partial charge >= 0.3 is 0 Å². The van der Waals surface area contributed by atoms with Gasteiger partial charge in [0.25, 0.3) is 5.91 Å². The van der Waals surface area contributed by atoms with Crippen molar-refractivity contribution in [2.75, 3.05) is 6.54 Å². The lowest BCUT2D eigenvalue weighted by molar-refractivity contribution is 0.0949. The lowest BCUT2D eigenvalue weighted by Crippen LogP contribution is -2.25. The molecule has 0 bridgehead atoms. The zero-order valence-electron chi connectivity index (χ0n) is 10.3. The summed E-state index contributed by atoms with van der Waals surface area (Å²) in [6.45, 7) is 0.693. The van der Waals surface area contributed by atoms with Crippen LogP contribution in [0.25, 0.3) is 0 Å². The van der Waals surface area contributed by atoms with Crippen molar-refractivity contribution in [3.8, 4) is 5.75 Å². The first-order valence-corrected chi connectivity index (χ1v) is 7.23. The van der Waals surface area contributed by atoms with E-state index >= 15 is 0 Å². The van der Waals surface area contributed by atoms with Crippen LogP contribution in [0.4, 0.5) is 0 Å². The molecule has 1 fully saturated rings. The van der Waals surface area contributed by atoms with Crippen LogP contribution in [0, 0.1) is 5.92 Å². The topological polar surface area (TPSA) is 49.3 Å². The molecule has 1 saturated carbocycles. The molecule has 1 aromatic carbocycles. The third-order valence-corrected chi connectivity index (χ3v) is 4.01. The average molecular weight is 312 g/mol. The summed E-state index contributed by atoms with van der Waals surface area (Å²) in [5, 5.41) is 12.6.